The molecule has 0 fully saturated rings. The van der Waals surface area contributed by atoms with Gasteiger partial charge < -0.3 is 13.9 Å². The predicted molar refractivity (Wildman–Crippen MR) is 304 cm³/mol. The van der Waals surface area contributed by atoms with E-state index in [0.29, 0.717) is 12.4 Å². The molecule has 6 heteroatoms. The van der Waals surface area contributed by atoms with E-state index in [0.717, 1.165) is 62.0 Å². The van der Waals surface area contributed by atoms with Gasteiger partial charge in [-0.25, -0.2) is 4.99 Å². The Morgan fingerprint density at radius 2 is 1.29 bits per heavy atom. The summed E-state index contributed by atoms with van der Waals surface area (Å²) in [6, 6.07) is 76.2. The van der Waals surface area contributed by atoms with E-state index in [2.05, 4.69) is 235 Å². The number of furan rings is 1. The zero-order valence-electron chi connectivity index (χ0n) is 40.0. The molecule has 13 rings (SSSR count). The lowest BCUT2D eigenvalue weighted by atomic mass is 9.96. The van der Waals surface area contributed by atoms with Crippen LogP contribution >= 0.6 is 11.3 Å². The number of allylic oxidation sites excluding steroid dienone is 2. The van der Waals surface area contributed by atoms with Crippen molar-refractivity contribution in [3.63, 3.8) is 0 Å². The van der Waals surface area contributed by atoms with Gasteiger partial charge >= 0.3 is 0 Å². The quantitative estimate of drug-likeness (QED) is 0.113. The van der Waals surface area contributed by atoms with Gasteiger partial charge in [0.2, 0.25) is 0 Å². The number of aromatic nitrogens is 1. The molecule has 9 aromatic carbocycles. The molecule has 0 radical (unpaired) electrons. The average Bonchev–Trinajstić information content (AvgIpc) is 4.05. The highest BCUT2D eigenvalue weighted by Crippen LogP contribution is 2.41. The van der Waals surface area contributed by atoms with Gasteiger partial charge in [-0.15, -0.1) is 11.3 Å². The summed E-state index contributed by atoms with van der Waals surface area (Å²) in [6.45, 7) is 0.667. The minimum atomic E-state index is 0.638. The van der Waals surface area contributed by atoms with Gasteiger partial charge in [0.15, 0.2) is 5.84 Å². The number of thiophene rings is 1. The van der Waals surface area contributed by atoms with Crippen LogP contribution in [-0.4, -0.2) is 35.2 Å². The van der Waals surface area contributed by atoms with Gasteiger partial charge in [0.1, 0.15) is 17.0 Å². The monoisotopic (exact) mass is 944 g/mol. The van der Waals surface area contributed by atoms with E-state index in [1.807, 2.05) is 30.5 Å². The first kappa shape index (κ1) is 43.2. The van der Waals surface area contributed by atoms with Crippen molar-refractivity contribution in [1.29, 1.82) is 0 Å². The molecule has 5 nitrogen and oxygen atoms in total. The normalized spacial score (nSPS) is 13.1. The van der Waals surface area contributed by atoms with Crippen LogP contribution in [0.4, 0.5) is 0 Å². The molecule has 0 atom stereocenters. The first-order valence-electron chi connectivity index (χ1n) is 24.5. The first-order chi connectivity index (χ1) is 35.6. The molecule has 0 saturated heterocycles. The van der Waals surface area contributed by atoms with E-state index >= 15 is 0 Å². The predicted octanol–water partition coefficient (Wildman–Crippen LogP) is 15.1. The first-order valence-corrected chi connectivity index (χ1v) is 25.3. The molecule has 0 bridgehead atoms. The van der Waals surface area contributed by atoms with Crippen molar-refractivity contribution < 1.29 is 4.42 Å². The summed E-state index contributed by atoms with van der Waals surface area (Å²) < 4.78 is 11.5. The number of hydrogen-bond acceptors (Lipinski definition) is 3. The minimum absolute atomic E-state index is 0.638. The molecule has 344 valence electrons. The summed E-state index contributed by atoms with van der Waals surface area (Å²) in [4.78, 5) is 12.4. The molecule has 0 amide bonds. The van der Waals surface area contributed by atoms with Crippen LogP contribution < -0.4 is 9.75 Å². The Hall–Kier alpha value is -8.84. The maximum Gasteiger partial charge on any atom is 0.156 e. The van der Waals surface area contributed by atoms with Crippen LogP contribution in [0.1, 0.15) is 28.7 Å². The molecule has 1 aliphatic rings. The van der Waals surface area contributed by atoms with Crippen LogP contribution in [0.5, 0.6) is 0 Å². The highest BCUT2D eigenvalue weighted by molar-refractivity contribution is 7.17. The summed E-state index contributed by atoms with van der Waals surface area (Å²) in [5.41, 5.74) is 15.5. The molecule has 1 aliphatic carbocycles. The van der Waals surface area contributed by atoms with E-state index in [4.69, 9.17) is 14.4 Å². The lowest BCUT2D eigenvalue weighted by Gasteiger charge is -2.22. The molecular formula is C66H48N4OS. The average molecular weight is 945 g/mol. The summed E-state index contributed by atoms with van der Waals surface area (Å²) >= 11 is 1.90. The van der Waals surface area contributed by atoms with Crippen LogP contribution in [0.25, 0.3) is 93.4 Å². The fraction of sp³-hybridized carbons (Fsp3) is 0.0606. The van der Waals surface area contributed by atoms with E-state index in [9.17, 15) is 0 Å². The van der Waals surface area contributed by atoms with Gasteiger partial charge in [0, 0.05) is 84.4 Å². The van der Waals surface area contributed by atoms with Crippen molar-refractivity contribution in [1.82, 2.24) is 9.47 Å². The number of fused-ring (bicyclic) bond motifs is 9. The third-order valence-electron chi connectivity index (χ3n) is 14.1. The molecule has 3 heterocycles. The van der Waals surface area contributed by atoms with Crippen molar-refractivity contribution in [3.05, 3.63) is 256 Å². The number of amidine groups is 2. The van der Waals surface area contributed by atoms with Crippen molar-refractivity contribution >= 4 is 88.5 Å². The number of benzene rings is 9. The summed E-state index contributed by atoms with van der Waals surface area (Å²) in [5, 5.41) is 7.21. The Balaban J connectivity index is 0.945. The number of para-hydroxylation sites is 2. The zero-order chi connectivity index (χ0) is 48.1. The second-order valence-electron chi connectivity index (χ2n) is 18.5. The highest BCUT2D eigenvalue weighted by Gasteiger charge is 2.20. The Morgan fingerprint density at radius 1 is 0.583 bits per heavy atom. The standard InChI is InChI=1S/C66H48N4OS/c1-67-65(68-66(69(2)42-43-17-5-3-6-18-43)49-33-37-54-53-24-11-13-29-60(53)71-61(54)41-49)45-31-35-50(36-32-45)70-59-38-34-46(44-19-7-4-8-20-44)40-58(59)56-28-16-27-51(63(56)70)47-21-15-22-48(39-47)52-23-9-10-26-57-55-25-12-14-30-62(55)72-64(52)57/h3-22,24-41H,23,42H2,1-2H3. The largest absolute Gasteiger partial charge is 0.456 e. The summed E-state index contributed by atoms with van der Waals surface area (Å²) in [7, 11) is 3.92. The summed E-state index contributed by atoms with van der Waals surface area (Å²) in [5.74, 6) is 1.44. The Bertz CT molecular complexity index is 4290. The maximum absolute atomic E-state index is 6.38. The Kier molecular flexibility index (Phi) is 10.9. The lowest BCUT2D eigenvalue weighted by molar-refractivity contribution is 0.502. The lowest BCUT2D eigenvalue weighted by Crippen LogP contribution is -2.28. The molecule has 0 saturated carbocycles. The van der Waals surface area contributed by atoms with Crippen LogP contribution in [-0.2, 0) is 6.54 Å². The van der Waals surface area contributed by atoms with Gasteiger partial charge in [-0.2, -0.15) is 0 Å². The molecular weight excluding hydrogens is 897 g/mol. The van der Waals surface area contributed by atoms with Crippen LogP contribution in [0, 0.1) is 0 Å². The van der Waals surface area contributed by atoms with Crippen molar-refractivity contribution in [2.75, 3.05) is 14.1 Å². The van der Waals surface area contributed by atoms with Crippen LogP contribution in [0.2, 0.25) is 0 Å². The van der Waals surface area contributed by atoms with E-state index < -0.39 is 0 Å². The molecule has 0 aliphatic heterocycles. The van der Waals surface area contributed by atoms with Crippen molar-refractivity contribution in [2.24, 2.45) is 9.98 Å². The third-order valence-corrected chi connectivity index (χ3v) is 15.4. The van der Waals surface area contributed by atoms with Gasteiger partial charge in [-0.05, 0) is 107 Å². The van der Waals surface area contributed by atoms with E-state index in [1.165, 1.54) is 69.6 Å². The van der Waals surface area contributed by atoms with Crippen LogP contribution in [0.15, 0.2) is 239 Å². The molecule has 0 unspecified atom stereocenters. The topological polar surface area (TPSA) is 46.0 Å². The number of hydrogen-bond donors (Lipinski definition) is 0. The molecule has 3 aromatic heterocycles. The highest BCUT2D eigenvalue weighted by atomic mass is 32.1. The summed E-state index contributed by atoms with van der Waals surface area (Å²) in [6.07, 6.45) is 7.66. The SMILES string of the molecule is CN=C(N=C(c1ccc2c(c1)oc1ccccc12)N(C)Cc1ccccc1)c1ccc(-n2c3ccc(-c4ccccc4)cc3c3cccc(-c4cccc(C5=c6sc7ccccc7c6=CC=CC5)c4)c32)cc1. The van der Waals surface area contributed by atoms with Crippen molar-refractivity contribution in [3.8, 4) is 27.9 Å². The van der Waals surface area contributed by atoms with Gasteiger partial charge in [-0.3, -0.25) is 4.99 Å². The van der Waals surface area contributed by atoms with E-state index in [-0.39, 0.29) is 0 Å². The van der Waals surface area contributed by atoms with E-state index in [1.54, 1.807) is 0 Å². The molecule has 72 heavy (non-hydrogen) atoms. The second-order valence-corrected chi connectivity index (χ2v) is 19.6. The smallest absolute Gasteiger partial charge is 0.156 e. The third kappa shape index (κ3) is 7.64. The second kappa shape index (κ2) is 18.2. The van der Waals surface area contributed by atoms with Crippen LogP contribution in [0.3, 0.4) is 0 Å². The zero-order valence-corrected chi connectivity index (χ0v) is 40.8. The maximum atomic E-state index is 6.38. The Labute approximate surface area is 421 Å². The van der Waals surface area contributed by atoms with Crippen molar-refractivity contribution in [2.45, 2.75) is 13.0 Å². The number of nitrogens with zero attached hydrogens (tertiary/aromatic N) is 4. The van der Waals surface area contributed by atoms with Gasteiger partial charge in [-0.1, -0.05) is 164 Å². The molecule has 0 N–H and O–H groups in total. The molecule has 12 aromatic rings. The van der Waals surface area contributed by atoms with Gasteiger partial charge in [0.05, 0.1) is 11.0 Å². The number of aliphatic imine (C=N–C) groups is 2. The van der Waals surface area contributed by atoms with Gasteiger partial charge in [0.25, 0.3) is 0 Å². The molecule has 0 spiro atoms. The number of rotatable bonds is 8. The minimum Gasteiger partial charge on any atom is -0.456 e. The fourth-order valence-electron chi connectivity index (χ4n) is 10.7. The Morgan fingerprint density at radius 3 is 2.14 bits per heavy atom. The fourth-order valence-corrected chi connectivity index (χ4v) is 11.9.